The van der Waals surface area contributed by atoms with Crippen LogP contribution >= 0.6 is 24.8 Å². The molecular formula is C29H40Cl2N6O2. The Balaban J connectivity index is 0.00000210. The highest BCUT2D eigenvalue weighted by atomic mass is 35.5. The van der Waals surface area contributed by atoms with E-state index in [0.29, 0.717) is 26.1 Å². The third-order valence-corrected chi connectivity index (χ3v) is 7.58. The summed E-state index contributed by atoms with van der Waals surface area (Å²) in [6.07, 6.45) is 6.17. The van der Waals surface area contributed by atoms with E-state index in [2.05, 4.69) is 66.5 Å². The summed E-state index contributed by atoms with van der Waals surface area (Å²) in [7, 11) is 0. The molecule has 8 nitrogen and oxygen atoms in total. The molecule has 2 atom stereocenters. The number of amides is 1. The first-order valence-electron chi connectivity index (χ1n) is 13.5. The van der Waals surface area contributed by atoms with Crippen molar-refractivity contribution in [3.63, 3.8) is 0 Å². The maximum absolute atomic E-state index is 12.6. The van der Waals surface area contributed by atoms with Crippen LogP contribution in [0.5, 0.6) is 0 Å². The van der Waals surface area contributed by atoms with E-state index < -0.39 is 12.1 Å². The number of aliphatic hydroxyl groups is 1. The number of fused-ring (bicyclic) bond motifs is 1. The van der Waals surface area contributed by atoms with Gasteiger partial charge in [-0.3, -0.25) is 9.69 Å². The van der Waals surface area contributed by atoms with Crippen LogP contribution in [0.1, 0.15) is 47.1 Å². The van der Waals surface area contributed by atoms with Crippen molar-refractivity contribution < 1.29 is 9.90 Å². The largest absolute Gasteiger partial charge is 0.391 e. The van der Waals surface area contributed by atoms with Gasteiger partial charge < -0.3 is 15.3 Å². The first-order valence-corrected chi connectivity index (χ1v) is 13.5. The smallest absolute Gasteiger partial charge is 0.242 e. The molecule has 5 rings (SSSR count). The molecule has 212 valence electrons. The molecule has 1 aromatic carbocycles. The van der Waals surface area contributed by atoms with E-state index in [1.54, 1.807) is 0 Å². The van der Waals surface area contributed by atoms with Crippen LogP contribution in [0.25, 0.3) is 11.7 Å². The van der Waals surface area contributed by atoms with Crippen molar-refractivity contribution in [3.8, 4) is 0 Å². The number of aliphatic hydroxyl groups excluding tert-OH is 1. The van der Waals surface area contributed by atoms with Gasteiger partial charge in [0.2, 0.25) is 5.91 Å². The third-order valence-electron chi connectivity index (χ3n) is 7.58. The second-order valence-corrected chi connectivity index (χ2v) is 10.3. The van der Waals surface area contributed by atoms with E-state index in [1.807, 2.05) is 16.3 Å². The lowest BCUT2D eigenvalue weighted by Crippen LogP contribution is -2.54. The SMILES string of the molecule is CCc1nn2c(C)cc(C)nc2c1Cc1ccc(/C=C/CN2CCN(C(=O)[C@H]3NCC[C@H]3O)CC2)cc1.Cl.Cl. The standard InChI is InChI=1S/C29H38N6O2.2ClH/c1-4-25-24(28-31-20(2)18-21(3)35(28)32-25)19-23-9-7-22(8-10-23)6-5-13-33-14-16-34(17-15-33)29(37)27-26(36)11-12-30-27;;/h5-10,18,26-27,30,36H,4,11-17,19H2,1-3H3;2*1H/b6-5+;;/t26-,27+;;/m1../s1. The summed E-state index contributed by atoms with van der Waals surface area (Å²) in [5.74, 6) is 0.0384. The third kappa shape index (κ3) is 6.99. The Bertz CT molecular complexity index is 1290. The van der Waals surface area contributed by atoms with Gasteiger partial charge in [0.1, 0.15) is 6.04 Å². The van der Waals surface area contributed by atoms with Crippen LogP contribution < -0.4 is 5.32 Å². The number of piperazine rings is 1. The molecule has 0 aliphatic carbocycles. The molecule has 0 radical (unpaired) electrons. The molecule has 0 saturated carbocycles. The first-order chi connectivity index (χ1) is 17.9. The molecule has 39 heavy (non-hydrogen) atoms. The van der Waals surface area contributed by atoms with Crippen molar-refractivity contribution in [3.05, 3.63) is 70.2 Å². The molecule has 1 amide bonds. The normalized spacial score (nSPS) is 19.8. The quantitative estimate of drug-likeness (QED) is 0.450. The highest BCUT2D eigenvalue weighted by molar-refractivity contribution is 5.85. The Morgan fingerprint density at radius 2 is 1.85 bits per heavy atom. The van der Waals surface area contributed by atoms with Gasteiger partial charge in [0, 0.05) is 56.1 Å². The number of carbonyl (C=O) groups is 1. The zero-order chi connectivity index (χ0) is 25.9. The number of halogens is 2. The Morgan fingerprint density at radius 3 is 2.49 bits per heavy atom. The van der Waals surface area contributed by atoms with E-state index in [-0.39, 0.29) is 30.7 Å². The molecule has 3 aromatic rings. The number of aromatic nitrogens is 3. The minimum Gasteiger partial charge on any atom is -0.391 e. The monoisotopic (exact) mass is 574 g/mol. The van der Waals surface area contributed by atoms with E-state index >= 15 is 0 Å². The minimum absolute atomic E-state index is 0. The number of benzene rings is 1. The number of hydrogen-bond donors (Lipinski definition) is 2. The van der Waals surface area contributed by atoms with Crippen LogP contribution in [-0.4, -0.2) is 86.8 Å². The van der Waals surface area contributed by atoms with Crippen LogP contribution in [0.15, 0.2) is 36.4 Å². The molecule has 2 N–H and O–H groups in total. The second-order valence-electron chi connectivity index (χ2n) is 10.3. The van der Waals surface area contributed by atoms with Gasteiger partial charge in [0.05, 0.1) is 11.8 Å². The Kier molecular flexibility index (Phi) is 10.9. The maximum Gasteiger partial charge on any atom is 0.242 e. The maximum atomic E-state index is 12.6. The van der Waals surface area contributed by atoms with Crippen molar-refractivity contribution in [2.24, 2.45) is 0 Å². The summed E-state index contributed by atoms with van der Waals surface area (Å²) < 4.78 is 1.98. The van der Waals surface area contributed by atoms with E-state index in [9.17, 15) is 9.90 Å². The number of carbonyl (C=O) groups excluding carboxylic acids is 1. The van der Waals surface area contributed by atoms with Gasteiger partial charge in [-0.15, -0.1) is 24.8 Å². The molecule has 2 saturated heterocycles. The summed E-state index contributed by atoms with van der Waals surface area (Å²) in [5, 5.41) is 17.9. The summed E-state index contributed by atoms with van der Waals surface area (Å²) in [4.78, 5) is 21.7. The van der Waals surface area contributed by atoms with Crippen LogP contribution in [-0.2, 0) is 17.6 Å². The van der Waals surface area contributed by atoms with Gasteiger partial charge >= 0.3 is 0 Å². The lowest BCUT2D eigenvalue weighted by atomic mass is 10.0. The van der Waals surface area contributed by atoms with Gasteiger partial charge in [-0.1, -0.05) is 43.3 Å². The summed E-state index contributed by atoms with van der Waals surface area (Å²) in [5.41, 5.74) is 7.87. The molecule has 2 aliphatic heterocycles. The average molecular weight is 576 g/mol. The van der Waals surface area contributed by atoms with Crippen molar-refractivity contribution in [1.29, 1.82) is 0 Å². The lowest BCUT2D eigenvalue weighted by molar-refractivity contribution is -0.136. The van der Waals surface area contributed by atoms with Crippen LogP contribution in [0, 0.1) is 13.8 Å². The first kappa shape index (κ1) is 31.0. The van der Waals surface area contributed by atoms with Gasteiger partial charge in [0.15, 0.2) is 5.65 Å². The highest BCUT2D eigenvalue weighted by Crippen LogP contribution is 2.21. The molecule has 2 fully saturated rings. The molecule has 2 aliphatic rings. The summed E-state index contributed by atoms with van der Waals surface area (Å²) in [6.45, 7) is 11.0. The van der Waals surface area contributed by atoms with Crippen LogP contribution in [0.3, 0.4) is 0 Å². The average Bonchev–Trinajstić information content (AvgIpc) is 3.48. The molecular weight excluding hydrogens is 535 g/mol. The van der Waals surface area contributed by atoms with Crippen molar-refractivity contribution in [2.75, 3.05) is 39.3 Å². The highest BCUT2D eigenvalue weighted by Gasteiger charge is 2.35. The molecule has 10 heteroatoms. The van der Waals surface area contributed by atoms with E-state index in [1.165, 1.54) is 16.7 Å². The predicted molar refractivity (Wildman–Crippen MR) is 160 cm³/mol. The van der Waals surface area contributed by atoms with Gasteiger partial charge in [-0.2, -0.15) is 5.10 Å². The fourth-order valence-electron chi connectivity index (χ4n) is 5.45. The molecule has 0 unspecified atom stereocenters. The van der Waals surface area contributed by atoms with Crippen molar-refractivity contribution >= 4 is 42.4 Å². The zero-order valence-corrected chi connectivity index (χ0v) is 24.6. The summed E-state index contributed by atoms with van der Waals surface area (Å²) in [6, 6.07) is 10.4. The van der Waals surface area contributed by atoms with Crippen LogP contribution in [0.2, 0.25) is 0 Å². The Morgan fingerprint density at radius 1 is 1.13 bits per heavy atom. The van der Waals surface area contributed by atoms with Gasteiger partial charge in [0.25, 0.3) is 0 Å². The van der Waals surface area contributed by atoms with E-state index in [4.69, 9.17) is 10.1 Å². The fraction of sp³-hybridized carbons (Fsp3) is 0.483. The summed E-state index contributed by atoms with van der Waals surface area (Å²) >= 11 is 0. The topological polar surface area (TPSA) is 86.0 Å². The number of nitrogens with zero attached hydrogens (tertiary/aromatic N) is 5. The predicted octanol–water partition coefficient (Wildman–Crippen LogP) is 3.22. The number of nitrogens with one attached hydrogen (secondary N) is 1. The lowest BCUT2D eigenvalue weighted by Gasteiger charge is -2.35. The molecule has 4 heterocycles. The molecule has 2 aromatic heterocycles. The van der Waals surface area contributed by atoms with Crippen molar-refractivity contribution in [2.45, 2.75) is 52.2 Å². The minimum atomic E-state index is -0.557. The fourth-order valence-corrected chi connectivity index (χ4v) is 5.45. The molecule has 0 bridgehead atoms. The molecule has 0 spiro atoms. The number of hydrogen-bond acceptors (Lipinski definition) is 6. The van der Waals surface area contributed by atoms with Gasteiger partial charge in [-0.05, 0) is 50.4 Å². The van der Waals surface area contributed by atoms with Gasteiger partial charge in [-0.25, -0.2) is 9.50 Å². The van der Waals surface area contributed by atoms with E-state index in [0.717, 1.165) is 55.2 Å². The van der Waals surface area contributed by atoms with Crippen molar-refractivity contribution in [1.82, 2.24) is 29.7 Å². The second kappa shape index (κ2) is 13.7. The number of rotatable bonds is 7. The Labute approximate surface area is 243 Å². The Hall–Kier alpha value is -2.49. The number of aryl methyl sites for hydroxylation is 3. The van der Waals surface area contributed by atoms with Crippen LogP contribution in [0.4, 0.5) is 0 Å². The zero-order valence-electron chi connectivity index (χ0n) is 23.0.